The Morgan fingerprint density at radius 1 is 1.43 bits per heavy atom. The van der Waals surface area contributed by atoms with Gasteiger partial charge in [0.05, 0.1) is 24.9 Å². The van der Waals surface area contributed by atoms with E-state index in [1.165, 1.54) is 6.42 Å². The number of nitrogen functional groups attached to an aromatic ring is 1. The van der Waals surface area contributed by atoms with E-state index in [-0.39, 0.29) is 17.7 Å². The molecule has 1 aromatic rings. The lowest BCUT2D eigenvalue weighted by molar-refractivity contribution is -0.159. The van der Waals surface area contributed by atoms with Crippen molar-refractivity contribution in [3.8, 4) is 5.75 Å². The molecule has 0 radical (unpaired) electrons. The van der Waals surface area contributed by atoms with E-state index in [2.05, 4.69) is 0 Å². The third-order valence-electron chi connectivity index (χ3n) is 4.47. The van der Waals surface area contributed by atoms with Gasteiger partial charge in [0.1, 0.15) is 11.9 Å². The predicted molar refractivity (Wildman–Crippen MR) is 78.4 cm³/mol. The molecule has 21 heavy (non-hydrogen) atoms. The molecule has 1 atom stereocenters. The van der Waals surface area contributed by atoms with E-state index in [4.69, 9.17) is 19.9 Å². The highest BCUT2D eigenvalue weighted by atomic mass is 16.6. The molecule has 1 saturated carbocycles. The minimum absolute atomic E-state index is 0.0386. The Morgan fingerprint density at radius 3 is 2.90 bits per heavy atom. The fourth-order valence-corrected chi connectivity index (χ4v) is 3.06. The molecule has 114 valence electrons. The lowest BCUT2D eigenvalue weighted by Gasteiger charge is -2.46. The van der Waals surface area contributed by atoms with E-state index in [0.29, 0.717) is 23.6 Å². The van der Waals surface area contributed by atoms with Gasteiger partial charge in [-0.15, -0.1) is 0 Å². The van der Waals surface area contributed by atoms with E-state index in [9.17, 15) is 4.79 Å². The number of benzene rings is 1. The van der Waals surface area contributed by atoms with Crippen LogP contribution in [0.5, 0.6) is 5.75 Å². The molecular weight excluding hydrogens is 270 g/mol. The molecule has 5 nitrogen and oxygen atoms in total. The Kier molecular flexibility index (Phi) is 3.76. The van der Waals surface area contributed by atoms with E-state index < -0.39 is 0 Å². The summed E-state index contributed by atoms with van der Waals surface area (Å²) in [5, 5.41) is 0. The number of hydrogen-bond acceptors (Lipinski definition) is 5. The van der Waals surface area contributed by atoms with Crippen molar-refractivity contribution in [1.82, 2.24) is 0 Å². The lowest BCUT2D eigenvalue weighted by Crippen LogP contribution is -2.48. The molecule has 2 aliphatic rings. The summed E-state index contributed by atoms with van der Waals surface area (Å²) in [6.45, 7) is 0.658. The summed E-state index contributed by atoms with van der Waals surface area (Å²) in [7, 11) is 1.56. The second-order valence-corrected chi connectivity index (χ2v) is 5.86. The Morgan fingerprint density at radius 2 is 2.24 bits per heavy atom. The zero-order valence-electron chi connectivity index (χ0n) is 12.3. The minimum atomic E-state index is -0.382. The number of ether oxygens (including phenoxy) is 3. The van der Waals surface area contributed by atoms with Crippen LogP contribution in [0.25, 0.3) is 0 Å². The highest BCUT2D eigenvalue weighted by Gasteiger charge is 2.43. The predicted octanol–water partition coefficient (Wildman–Crippen LogP) is 2.54. The van der Waals surface area contributed by atoms with Gasteiger partial charge in [-0.2, -0.15) is 0 Å². The fourth-order valence-electron chi connectivity index (χ4n) is 3.06. The largest absolute Gasteiger partial charge is 0.497 e. The highest BCUT2D eigenvalue weighted by Crippen LogP contribution is 2.43. The van der Waals surface area contributed by atoms with Crippen LogP contribution in [0.15, 0.2) is 18.2 Å². The highest BCUT2D eigenvalue weighted by molar-refractivity contribution is 5.95. The van der Waals surface area contributed by atoms with Crippen molar-refractivity contribution in [3.63, 3.8) is 0 Å². The van der Waals surface area contributed by atoms with Crippen LogP contribution < -0.4 is 10.5 Å². The normalized spacial score (nSPS) is 23.4. The number of anilines is 1. The number of rotatable bonds is 3. The standard InChI is InChI=1S/C16H21NO4/c1-19-11-3-4-14(17)13(9-11)15(18)21-12-5-8-20-16(10-12)6-2-7-16/h3-4,9,12H,2,5-8,10,17H2,1H3. The molecule has 2 N–H and O–H groups in total. The zero-order chi connectivity index (χ0) is 14.9. The number of nitrogens with two attached hydrogens (primary N) is 1. The van der Waals surface area contributed by atoms with Gasteiger partial charge in [0.15, 0.2) is 0 Å². The molecular formula is C16H21NO4. The maximum atomic E-state index is 12.3. The first kappa shape index (κ1) is 14.2. The molecule has 1 unspecified atom stereocenters. The van der Waals surface area contributed by atoms with E-state index >= 15 is 0 Å². The van der Waals surface area contributed by atoms with Gasteiger partial charge in [-0.3, -0.25) is 0 Å². The first-order valence-corrected chi connectivity index (χ1v) is 7.40. The summed E-state index contributed by atoms with van der Waals surface area (Å²) in [4.78, 5) is 12.3. The van der Waals surface area contributed by atoms with E-state index in [1.807, 2.05) is 0 Å². The molecule has 0 aromatic heterocycles. The molecule has 0 bridgehead atoms. The average molecular weight is 291 g/mol. The SMILES string of the molecule is COc1ccc(N)c(C(=O)OC2CCOC3(CCC3)C2)c1. The van der Waals surface area contributed by atoms with Crippen LogP contribution in [0, 0.1) is 0 Å². The van der Waals surface area contributed by atoms with E-state index in [0.717, 1.165) is 25.7 Å². The van der Waals surface area contributed by atoms with Gasteiger partial charge in [-0.1, -0.05) is 0 Å². The van der Waals surface area contributed by atoms with Crippen molar-refractivity contribution >= 4 is 11.7 Å². The summed E-state index contributed by atoms with van der Waals surface area (Å²) < 4.78 is 16.6. The van der Waals surface area contributed by atoms with Crippen LogP contribution >= 0.6 is 0 Å². The second-order valence-electron chi connectivity index (χ2n) is 5.86. The monoisotopic (exact) mass is 291 g/mol. The van der Waals surface area contributed by atoms with Crippen LogP contribution in [0.4, 0.5) is 5.69 Å². The summed E-state index contributed by atoms with van der Waals surface area (Å²) in [6.07, 6.45) is 4.80. The fraction of sp³-hybridized carbons (Fsp3) is 0.562. The molecule has 0 amide bonds. The Bertz CT molecular complexity index is 539. The quantitative estimate of drug-likeness (QED) is 0.684. The van der Waals surface area contributed by atoms with Crippen molar-refractivity contribution < 1.29 is 19.0 Å². The second kappa shape index (κ2) is 5.56. The van der Waals surface area contributed by atoms with Gasteiger partial charge in [0.25, 0.3) is 0 Å². The smallest absolute Gasteiger partial charge is 0.340 e. The number of carbonyl (C=O) groups excluding carboxylic acids is 1. The van der Waals surface area contributed by atoms with Crippen LogP contribution in [-0.4, -0.2) is 31.4 Å². The van der Waals surface area contributed by atoms with Crippen molar-refractivity contribution in [2.75, 3.05) is 19.5 Å². The lowest BCUT2D eigenvalue weighted by atomic mass is 9.74. The van der Waals surface area contributed by atoms with Gasteiger partial charge in [0, 0.05) is 18.5 Å². The Labute approximate surface area is 124 Å². The maximum Gasteiger partial charge on any atom is 0.340 e. The maximum absolute atomic E-state index is 12.3. The first-order chi connectivity index (χ1) is 10.1. The summed E-state index contributed by atoms with van der Waals surface area (Å²) in [5.74, 6) is 0.214. The first-order valence-electron chi connectivity index (χ1n) is 7.40. The minimum Gasteiger partial charge on any atom is -0.497 e. The molecule has 1 heterocycles. The Balaban J connectivity index is 1.68. The topological polar surface area (TPSA) is 70.8 Å². The van der Waals surface area contributed by atoms with Crippen LogP contribution in [0.2, 0.25) is 0 Å². The molecule has 1 spiro atoms. The van der Waals surface area contributed by atoms with Crippen molar-refractivity contribution in [1.29, 1.82) is 0 Å². The van der Waals surface area contributed by atoms with Crippen molar-refractivity contribution in [2.45, 2.75) is 43.8 Å². The van der Waals surface area contributed by atoms with Crippen molar-refractivity contribution in [2.24, 2.45) is 0 Å². The van der Waals surface area contributed by atoms with Gasteiger partial charge < -0.3 is 19.9 Å². The van der Waals surface area contributed by atoms with Crippen LogP contribution in [0.1, 0.15) is 42.5 Å². The van der Waals surface area contributed by atoms with Gasteiger partial charge in [-0.25, -0.2) is 4.79 Å². The zero-order valence-corrected chi connectivity index (χ0v) is 12.3. The molecule has 1 aromatic carbocycles. The number of methoxy groups -OCH3 is 1. The molecule has 5 heteroatoms. The molecule has 1 saturated heterocycles. The van der Waals surface area contributed by atoms with Crippen LogP contribution in [-0.2, 0) is 9.47 Å². The van der Waals surface area contributed by atoms with Gasteiger partial charge >= 0.3 is 5.97 Å². The summed E-state index contributed by atoms with van der Waals surface area (Å²) in [6, 6.07) is 5.01. The average Bonchev–Trinajstić information content (AvgIpc) is 2.46. The Hall–Kier alpha value is -1.75. The number of carbonyl (C=O) groups is 1. The molecule has 1 aliphatic heterocycles. The molecule has 3 rings (SSSR count). The summed E-state index contributed by atoms with van der Waals surface area (Å²) in [5.41, 5.74) is 6.59. The third kappa shape index (κ3) is 2.83. The third-order valence-corrected chi connectivity index (χ3v) is 4.47. The van der Waals surface area contributed by atoms with Crippen molar-refractivity contribution in [3.05, 3.63) is 23.8 Å². The number of hydrogen-bond donors (Lipinski definition) is 1. The van der Waals surface area contributed by atoms with E-state index in [1.54, 1.807) is 25.3 Å². The summed E-state index contributed by atoms with van der Waals surface area (Å²) >= 11 is 0. The molecule has 1 aliphatic carbocycles. The number of esters is 1. The van der Waals surface area contributed by atoms with Gasteiger partial charge in [-0.05, 0) is 37.5 Å². The van der Waals surface area contributed by atoms with Gasteiger partial charge in [0.2, 0.25) is 0 Å². The van der Waals surface area contributed by atoms with Crippen LogP contribution in [0.3, 0.4) is 0 Å². The molecule has 2 fully saturated rings.